The van der Waals surface area contributed by atoms with Gasteiger partial charge in [0.2, 0.25) is 0 Å². The minimum atomic E-state index is 1.01. The minimum Gasteiger partial charge on any atom is -0.307 e. The first kappa shape index (κ1) is 28.7. The van der Waals surface area contributed by atoms with Gasteiger partial charge in [0.05, 0.1) is 15.7 Å². The second-order valence-electron chi connectivity index (χ2n) is 10.8. The largest absolute Gasteiger partial charge is 0.307 e. The standard InChI is InChI=1S/C39H33NS.C2H6/c1-5-7-16-30-25(3)26(4)31(13-6-2)37-36(30)34-24-23-33-32-17-11-12-18-35(32)41-39(33)38(34)40(37)29-21-19-28(20-22-29)27-14-9-8-10-15-27;1-2/h6-24H,5H2,1-4H3;1-2H3/b13-6-,16-7-;. The predicted octanol–water partition coefficient (Wildman–Crippen LogP) is 12.9. The number of hydrogen-bond donors (Lipinski definition) is 0. The van der Waals surface area contributed by atoms with Crippen LogP contribution < -0.4 is 0 Å². The zero-order valence-corrected chi connectivity index (χ0v) is 26.8. The molecule has 7 aromatic rings. The molecule has 0 fully saturated rings. The average Bonchev–Trinajstić information content (AvgIpc) is 3.61. The molecule has 2 heterocycles. The van der Waals surface area contributed by atoms with E-state index in [1.165, 1.54) is 81.0 Å². The average molecular weight is 578 g/mol. The summed E-state index contributed by atoms with van der Waals surface area (Å²) >= 11 is 1.91. The lowest BCUT2D eigenvalue weighted by Crippen LogP contribution is -1.99. The van der Waals surface area contributed by atoms with E-state index in [1.54, 1.807) is 0 Å². The summed E-state index contributed by atoms with van der Waals surface area (Å²) in [6.07, 6.45) is 10.1. The van der Waals surface area contributed by atoms with Crippen molar-refractivity contribution in [1.82, 2.24) is 4.57 Å². The van der Waals surface area contributed by atoms with Crippen LogP contribution in [0.1, 0.15) is 56.4 Å². The van der Waals surface area contributed by atoms with Crippen LogP contribution in [0.2, 0.25) is 0 Å². The summed E-state index contributed by atoms with van der Waals surface area (Å²) in [6.45, 7) is 12.9. The van der Waals surface area contributed by atoms with E-state index in [0.717, 1.165) is 6.42 Å². The molecule has 0 aliphatic carbocycles. The number of aromatic nitrogens is 1. The molecule has 2 aromatic heterocycles. The van der Waals surface area contributed by atoms with Crippen molar-refractivity contribution in [2.45, 2.75) is 48.0 Å². The Labute approximate surface area is 259 Å². The number of benzene rings is 5. The van der Waals surface area contributed by atoms with Crippen LogP contribution in [0.15, 0.2) is 103 Å². The van der Waals surface area contributed by atoms with Gasteiger partial charge in [-0.15, -0.1) is 11.3 Å². The van der Waals surface area contributed by atoms with Gasteiger partial charge in [-0.3, -0.25) is 0 Å². The summed E-state index contributed by atoms with van der Waals surface area (Å²) in [5, 5.41) is 5.32. The third-order valence-corrected chi connectivity index (χ3v) is 9.65. The Kier molecular flexibility index (Phi) is 8.06. The van der Waals surface area contributed by atoms with E-state index in [-0.39, 0.29) is 0 Å². The highest BCUT2D eigenvalue weighted by Crippen LogP contribution is 2.46. The van der Waals surface area contributed by atoms with Crippen molar-refractivity contribution in [3.05, 3.63) is 125 Å². The first-order valence-electron chi connectivity index (χ1n) is 15.5. The smallest absolute Gasteiger partial charge is 0.0720 e. The number of nitrogens with zero attached hydrogens (tertiary/aromatic N) is 1. The highest BCUT2D eigenvalue weighted by atomic mass is 32.1. The molecule has 0 saturated carbocycles. The Morgan fingerprint density at radius 3 is 2.02 bits per heavy atom. The highest BCUT2D eigenvalue weighted by molar-refractivity contribution is 7.26. The third-order valence-electron chi connectivity index (χ3n) is 8.46. The lowest BCUT2D eigenvalue weighted by molar-refractivity contribution is 1.18. The topological polar surface area (TPSA) is 4.93 Å². The Morgan fingerprint density at radius 1 is 0.651 bits per heavy atom. The maximum absolute atomic E-state index is 2.54. The van der Waals surface area contributed by atoms with Crippen molar-refractivity contribution in [3.63, 3.8) is 0 Å². The van der Waals surface area contributed by atoms with Crippen LogP contribution >= 0.6 is 11.3 Å². The molecule has 2 heteroatoms. The van der Waals surface area contributed by atoms with Crippen molar-refractivity contribution in [1.29, 1.82) is 0 Å². The van der Waals surface area contributed by atoms with E-state index < -0.39 is 0 Å². The summed E-state index contributed by atoms with van der Waals surface area (Å²) in [4.78, 5) is 0. The van der Waals surface area contributed by atoms with Crippen LogP contribution in [0.5, 0.6) is 0 Å². The maximum Gasteiger partial charge on any atom is 0.0720 e. The van der Waals surface area contributed by atoms with Gasteiger partial charge in [0, 0.05) is 37.5 Å². The summed E-state index contributed by atoms with van der Waals surface area (Å²) in [5.41, 5.74) is 11.6. The molecule has 0 unspecified atom stereocenters. The van der Waals surface area contributed by atoms with Gasteiger partial charge in [0.15, 0.2) is 0 Å². The molecule has 0 atom stereocenters. The molecule has 43 heavy (non-hydrogen) atoms. The van der Waals surface area contributed by atoms with Crippen LogP contribution in [0.4, 0.5) is 0 Å². The molecule has 0 saturated heterocycles. The number of fused-ring (bicyclic) bond motifs is 7. The van der Waals surface area contributed by atoms with Crippen LogP contribution in [0, 0.1) is 13.8 Å². The van der Waals surface area contributed by atoms with E-state index >= 15 is 0 Å². The zero-order valence-electron chi connectivity index (χ0n) is 26.0. The predicted molar refractivity (Wildman–Crippen MR) is 194 cm³/mol. The molecule has 7 rings (SSSR count). The van der Waals surface area contributed by atoms with Crippen LogP contribution in [-0.4, -0.2) is 4.57 Å². The lowest BCUT2D eigenvalue weighted by Gasteiger charge is -2.16. The number of hydrogen-bond acceptors (Lipinski definition) is 1. The Balaban J connectivity index is 0.00000161. The summed E-state index contributed by atoms with van der Waals surface area (Å²) in [5.74, 6) is 0. The van der Waals surface area contributed by atoms with Gasteiger partial charge in [-0.25, -0.2) is 0 Å². The lowest BCUT2D eigenvalue weighted by atomic mass is 9.92. The number of rotatable bonds is 5. The second kappa shape index (κ2) is 12.1. The van der Waals surface area contributed by atoms with Crippen LogP contribution in [-0.2, 0) is 0 Å². The van der Waals surface area contributed by atoms with E-state index in [2.05, 4.69) is 148 Å². The molecule has 0 N–H and O–H groups in total. The van der Waals surface area contributed by atoms with Gasteiger partial charge in [0.25, 0.3) is 0 Å². The molecule has 5 aromatic carbocycles. The van der Waals surface area contributed by atoms with Crippen molar-refractivity contribution >= 4 is 65.5 Å². The maximum atomic E-state index is 2.54. The number of allylic oxidation sites excluding steroid dienone is 2. The van der Waals surface area contributed by atoms with Gasteiger partial charge in [-0.1, -0.05) is 118 Å². The van der Waals surface area contributed by atoms with E-state index in [0.29, 0.717) is 0 Å². The van der Waals surface area contributed by atoms with Crippen molar-refractivity contribution in [2.24, 2.45) is 0 Å². The van der Waals surface area contributed by atoms with Gasteiger partial charge in [-0.05, 0) is 73.2 Å². The molecule has 1 nitrogen and oxygen atoms in total. The molecular weight excluding hydrogens is 539 g/mol. The number of thiophene rings is 1. The third kappa shape index (κ3) is 4.71. The molecule has 0 aliphatic heterocycles. The van der Waals surface area contributed by atoms with E-state index in [4.69, 9.17) is 0 Å². The van der Waals surface area contributed by atoms with Crippen molar-refractivity contribution < 1.29 is 0 Å². The SMILES string of the molecule is C/C=C\c1c(C)c(C)c(/C=C\CC)c2c3ccc4c5ccccc5sc4c3n(-c3ccc(-c4ccccc4)cc3)c12.CC. The fourth-order valence-electron chi connectivity index (χ4n) is 6.35. The van der Waals surface area contributed by atoms with Crippen molar-refractivity contribution in [3.8, 4) is 16.8 Å². The van der Waals surface area contributed by atoms with E-state index in [9.17, 15) is 0 Å². The fraction of sp³-hybridized carbons (Fsp3) is 0.171. The van der Waals surface area contributed by atoms with Crippen LogP contribution in [0.3, 0.4) is 0 Å². The monoisotopic (exact) mass is 577 g/mol. The molecule has 0 amide bonds. The van der Waals surface area contributed by atoms with Crippen LogP contribution in [0.25, 0.3) is 70.9 Å². The zero-order chi connectivity index (χ0) is 30.1. The van der Waals surface area contributed by atoms with Gasteiger partial charge in [-0.2, -0.15) is 0 Å². The summed E-state index contributed by atoms with van der Waals surface area (Å²) < 4.78 is 5.22. The molecule has 214 valence electrons. The summed E-state index contributed by atoms with van der Waals surface area (Å²) in [6, 6.07) is 33.3. The van der Waals surface area contributed by atoms with Crippen molar-refractivity contribution in [2.75, 3.05) is 0 Å². The Bertz CT molecular complexity index is 2130. The van der Waals surface area contributed by atoms with Gasteiger partial charge < -0.3 is 4.57 Å². The quantitative estimate of drug-likeness (QED) is 0.192. The first-order valence-corrected chi connectivity index (χ1v) is 16.3. The minimum absolute atomic E-state index is 1.01. The fourth-order valence-corrected chi connectivity index (χ4v) is 7.59. The van der Waals surface area contributed by atoms with Gasteiger partial charge >= 0.3 is 0 Å². The first-order chi connectivity index (χ1) is 21.1. The molecule has 0 spiro atoms. The molecule has 0 aliphatic rings. The second-order valence-corrected chi connectivity index (χ2v) is 11.8. The normalized spacial score (nSPS) is 11.9. The molecular formula is C41H39NS. The Morgan fingerprint density at radius 2 is 1.30 bits per heavy atom. The highest BCUT2D eigenvalue weighted by Gasteiger charge is 2.23. The molecule has 0 bridgehead atoms. The summed E-state index contributed by atoms with van der Waals surface area (Å²) in [7, 11) is 0. The van der Waals surface area contributed by atoms with E-state index in [1.807, 2.05) is 25.2 Å². The Hall–Kier alpha value is -4.40. The van der Waals surface area contributed by atoms with Gasteiger partial charge in [0.1, 0.15) is 0 Å². The molecule has 0 radical (unpaired) electrons.